The topological polar surface area (TPSA) is 51.0 Å². The first kappa shape index (κ1) is 18.7. The van der Waals surface area contributed by atoms with E-state index in [0.29, 0.717) is 13.1 Å². The van der Waals surface area contributed by atoms with Crippen LogP contribution in [0.4, 0.5) is 0 Å². The minimum atomic E-state index is -0.0962. The van der Waals surface area contributed by atoms with Crippen molar-refractivity contribution in [1.82, 2.24) is 19.7 Å². The molecule has 0 bridgehead atoms. The molecule has 6 heteroatoms. The van der Waals surface area contributed by atoms with E-state index in [2.05, 4.69) is 13.8 Å². The molecule has 4 rings (SSSR count). The highest BCUT2D eigenvalue weighted by Gasteiger charge is 2.36. The average molecular weight is 393 g/mol. The van der Waals surface area contributed by atoms with Gasteiger partial charge in [0.15, 0.2) is 11.6 Å². The first-order valence-corrected chi connectivity index (χ1v) is 10.8. The molecule has 0 N–H and O–H groups in total. The summed E-state index contributed by atoms with van der Waals surface area (Å²) in [7, 11) is 0. The first-order chi connectivity index (χ1) is 13.6. The molecule has 1 amide bonds. The number of hydrogen-bond donors (Lipinski definition) is 0. The van der Waals surface area contributed by atoms with Crippen molar-refractivity contribution in [2.75, 3.05) is 12.8 Å². The lowest BCUT2D eigenvalue weighted by Gasteiger charge is -2.37. The van der Waals surface area contributed by atoms with E-state index in [1.807, 2.05) is 70.4 Å². The molecule has 0 saturated carbocycles. The summed E-state index contributed by atoms with van der Waals surface area (Å²) >= 11 is 1.60. The second-order valence-corrected chi connectivity index (χ2v) is 8.12. The van der Waals surface area contributed by atoms with Crippen molar-refractivity contribution in [2.24, 2.45) is 5.92 Å². The molecule has 0 unspecified atom stereocenters. The zero-order valence-corrected chi connectivity index (χ0v) is 17.2. The van der Waals surface area contributed by atoms with E-state index in [4.69, 9.17) is 10.1 Å². The van der Waals surface area contributed by atoms with Gasteiger partial charge in [-0.1, -0.05) is 56.3 Å². The number of carbonyl (C=O) groups excluding carboxylic acids is 1. The Morgan fingerprint density at radius 2 is 1.79 bits per heavy atom. The van der Waals surface area contributed by atoms with Gasteiger partial charge < -0.3 is 4.90 Å². The molecule has 2 aromatic carbocycles. The summed E-state index contributed by atoms with van der Waals surface area (Å²) in [6, 6.07) is 17.7. The number of fused-ring (bicyclic) bond motifs is 1. The number of amides is 1. The van der Waals surface area contributed by atoms with Gasteiger partial charge in [-0.3, -0.25) is 4.79 Å². The maximum atomic E-state index is 13.4. The molecule has 144 valence electrons. The fourth-order valence-corrected chi connectivity index (χ4v) is 4.38. The minimum Gasteiger partial charge on any atom is -0.326 e. The van der Waals surface area contributed by atoms with Crippen LogP contribution in [-0.4, -0.2) is 38.4 Å². The van der Waals surface area contributed by atoms with Crippen LogP contribution in [0.2, 0.25) is 0 Å². The highest BCUT2D eigenvalue weighted by atomic mass is 32.2. The van der Waals surface area contributed by atoms with Crippen LogP contribution in [0, 0.1) is 5.92 Å². The molecular formula is C22H24N4OS. The van der Waals surface area contributed by atoms with Crippen molar-refractivity contribution in [3.05, 3.63) is 66.0 Å². The molecule has 0 aliphatic carbocycles. The van der Waals surface area contributed by atoms with Crippen molar-refractivity contribution in [1.29, 1.82) is 0 Å². The number of rotatable bonds is 4. The Bertz CT molecular complexity index is 983. The molecule has 3 aromatic rings. The lowest BCUT2D eigenvalue weighted by atomic mass is 9.98. The monoisotopic (exact) mass is 392 g/mol. The normalized spacial score (nSPS) is 16.3. The zero-order chi connectivity index (χ0) is 19.7. The van der Waals surface area contributed by atoms with Gasteiger partial charge in [0.1, 0.15) is 0 Å². The van der Waals surface area contributed by atoms with E-state index in [-0.39, 0.29) is 17.9 Å². The Labute approximate surface area is 169 Å². The molecule has 5 nitrogen and oxygen atoms in total. The number of nitrogens with zero attached hydrogens (tertiary/aromatic N) is 4. The largest absolute Gasteiger partial charge is 0.326 e. The molecule has 0 fully saturated rings. The number of hydrogen-bond acceptors (Lipinski definition) is 4. The Morgan fingerprint density at radius 3 is 2.50 bits per heavy atom. The summed E-state index contributed by atoms with van der Waals surface area (Å²) in [5.41, 5.74) is 1.76. The highest BCUT2D eigenvalue weighted by molar-refractivity contribution is 7.98. The summed E-state index contributed by atoms with van der Waals surface area (Å²) in [5, 5.41) is 4.72. The van der Waals surface area contributed by atoms with Gasteiger partial charge in [0.2, 0.25) is 0 Å². The van der Waals surface area contributed by atoms with Crippen molar-refractivity contribution in [3.8, 4) is 11.4 Å². The number of carbonyl (C=O) groups is 1. The van der Waals surface area contributed by atoms with Gasteiger partial charge in [0.25, 0.3) is 5.91 Å². The van der Waals surface area contributed by atoms with Crippen LogP contribution in [0.25, 0.3) is 11.4 Å². The first-order valence-electron chi connectivity index (χ1n) is 9.54. The van der Waals surface area contributed by atoms with Crippen molar-refractivity contribution < 1.29 is 4.79 Å². The van der Waals surface area contributed by atoms with E-state index in [1.54, 1.807) is 11.8 Å². The Balaban J connectivity index is 1.72. The van der Waals surface area contributed by atoms with Crippen LogP contribution >= 0.6 is 11.8 Å². The lowest BCUT2D eigenvalue weighted by Crippen LogP contribution is -2.44. The fourth-order valence-electron chi connectivity index (χ4n) is 3.79. The van der Waals surface area contributed by atoms with E-state index in [1.165, 1.54) is 0 Å². The van der Waals surface area contributed by atoms with Crippen LogP contribution in [-0.2, 0) is 6.54 Å². The molecule has 0 saturated heterocycles. The van der Waals surface area contributed by atoms with Gasteiger partial charge in [-0.2, -0.15) is 5.10 Å². The molecule has 2 heterocycles. The van der Waals surface area contributed by atoms with Gasteiger partial charge >= 0.3 is 0 Å². The van der Waals surface area contributed by atoms with Gasteiger partial charge in [-0.15, -0.1) is 11.8 Å². The predicted octanol–water partition coefficient (Wildman–Crippen LogP) is 4.52. The van der Waals surface area contributed by atoms with Gasteiger partial charge in [0, 0.05) is 17.0 Å². The second-order valence-electron chi connectivity index (χ2n) is 7.27. The van der Waals surface area contributed by atoms with E-state index in [9.17, 15) is 4.79 Å². The van der Waals surface area contributed by atoms with Gasteiger partial charge in [0.05, 0.1) is 18.2 Å². The SMILES string of the molecule is CSc1ccccc1C(=O)N1CCn2nc(-c3ccccc3)nc2[C@@H]1C(C)C. The third kappa shape index (κ3) is 3.33. The fraction of sp³-hybridized carbons (Fsp3) is 0.318. The van der Waals surface area contributed by atoms with Crippen molar-refractivity contribution in [3.63, 3.8) is 0 Å². The van der Waals surface area contributed by atoms with Crippen LogP contribution in [0.15, 0.2) is 59.5 Å². The Kier molecular flexibility index (Phi) is 5.22. The van der Waals surface area contributed by atoms with E-state index in [0.717, 1.165) is 27.7 Å². The maximum absolute atomic E-state index is 13.4. The Morgan fingerprint density at radius 1 is 1.07 bits per heavy atom. The maximum Gasteiger partial charge on any atom is 0.255 e. The number of thioether (sulfide) groups is 1. The highest BCUT2D eigenvalue weighted by Crippen LogP contribution is 2.34. The minimum absolute atomic E-state index is 0.0687. The molecule has 0 spiro atoms. The average Bonchev–Trinajstić information content (AvgIpc) is 3.17. The molecule has 1 aliphatic rings. The van der Waals surface area contributed by atoms with Gasteiger partial charge in [-0.25, -0.2) is 9.67 Å². The predicted molar refractivity (Wildman–Crippen MR) is 112 cm³/mol. The van der Waals surface area contributed by atoms with E-state index >= 15 is 0 Å². The van der Waals surface area contributed by atoms with Crippen molar-refractivity contribution in [2.45, 2.75) is 31.3 Å². The number of benzene rings is 2. The number of aromatic nitrogens is 3. The molecule has 28 heavy (non-hydrogen) atoms. The molecular weight excluding hydrogens is 368 g/mol. The summed E-state index contributed by atoms with van der Waals surface area (Å²) in [6.45, 7) is 5.57. The second kappa shape index (κ2) is 7.80. The van der Waals surface area contributed by atoms with Crippen molar-refractivity contribution >= 4 is 17.7 Å². The third-order valence-corrected chi connectivity index (χ3v) is 5.91. The quantitative estimate of drug-likeness (QED) is 0.613. The summed E-state index contributed by atoms with van der Waals surface area (Å²) in [5.74, 6) is 1.89. The standard InChI is InChI=1S/C22H24N4OS/c1-15(2)19-21-23-20(16-9-5-4-6-10-16)24-26(21)14-13-25(19)22(27)17-11-7-8-12-18(17)28-3/h4-12,15,19H,13-14H2,1-3H3/t19-/m0/s1. The summed E-state index contributed by atoms with van der Waals surface area (Å²) < 4.78 is 1.97. The van der Waals surface area contributed by atoms with Crippen LogP contribution in [0.3, 0.4) is 0 Å². The zero-order valence-electron chi connectivity index (χ0n) is 16.4. The Hall–Kier alpha value is -2.60. The summed E-state index contributed by atoms with van der Waals surface area (Å²) in [4.78, 5) is 21.3. The molecule has 1 aliphatic heterocycles. The summed E-state index contributed by atoms with van der Waals surface area (Å²) in [6.07, 6.45) is 2.00. The smallest absolute Gasteiger partial charge is 0.255 e. The van der Waals surface area contributed by atoms with Crippen LogP contribution < -0.4 is 0 Å². The molecule has 1 atom stereocenters. The third-order valence-electron chi connectivity index (χ3n) is 5.12. The van der Waals surface area contributed by atoms with E-state index < -0.39 is 0 Å². The lowest BCUT2D eigenvalue weighted by molar-refractivity contribution is 0.0533. The molecule has 1 aromatic heterocycles. The van der Waals surface area contributed by atoms with Crippen LogP contribution in [0.1, 0.15) is 36.1 Å². The van der Waals surface area contributed by atoms with Crippen LogP contribution in [0.5, 0.6) is 0 Å². The molecule has 0 radical (unpaired) electrons. The van der Waals surface area contributed by atoms with Gasteiger partial charge in [-0.05, 0) is 24.3 Å².